The number of hydrogen-bond donors (Lipinski definition) is 0. The summed E-state index contributed by atoms with van der Waals surface area (Å²) in [6.07, 6.45) is 4.40. The molecular weight excluding hydrogens is 352 g/mol. The van der Waals surface area contributed by atoms with Gasteiger partial charge in [0.15, 0.2) is 0 Å². The highest BCUT2D eigenvalue weighted by Gasteiger charge is 2.52. The first kappa shape index (κ1) is 18.4. The first-order chi connectivity index (χ1) is 12.3. The third kappa shape index (κ3) is 2.82. The Labute approximate surface area is 156 Å². The van der Waals surface area contributed by atoms with E-state index in [-0.39, 0.29) is 0 Å². The van der Waals surface area contributed by atoms with E-state index in [4.69, 9.17) is 4.74 Å². The molecule has 2 aliphatic heterocycles. The normalized spacial score (nSPS) is 27.6. The van der Waals surface area contributed by atoms with E-state index in [2.05, 4.69) is 10.00 Å². The Bertz CT molecular complexity index is 775. The minimum absolute atomic E-state index is 0.308. The van der Waals surface area contributed by atoms with Crippen molar-refractivity contribution in [2.75, 3.05) is 39.4 Å². The van der Waals surface area contributed by atoms with Crippen LogP contribution < -0.4 is 0 Å². The van der Waals surface area contributed by atoms with Gasteiger partial charge in [-0.25, -0.2) is 8.42 Å². The molecule has 0 radical (unpaired) electrons. The van der Waals surface area contributed by atoms with Crippen LogP contribution in [0, 0.1) is 19.3 Å². The van der Waals surface area contributed by atoms with Crippen molar-refractivity contribution in [3.8, 4) is 0 Å². The maximum absolute atomic E-state index is 13.2. The monoisotopic (exact) mass is 382 g/mol. The second kappa shape index (κ2) is 6.58. The Morgan fingerprint density at radius 1 is 1.08 bits per heavy atom. The molecule has 1 atom stereocenters. The maximum atomic E-state index is 13.2. The van der Waals surface area contributed by atoms with E-state index >= 15 is 0 Å². The Morgan fingerprint density at radius 3 is 2.23 bits per heavy atom. The number of sulfonamides is 1. The number of aryl methyl sites for hydroxylation is 2. The van der Waals surface area contributed by atoms with Crippen molar-refractivity contribution < 1.29 is 13.2 Å². The minimum atomic E-state index is -3.46. The Morgan fingerprint density at radius 2 is 1.73 bits per heavy atom. The van der Waals surface area contributed by atoms with Crippen molar-refractivity contribution in [3.05, 3.63) is 11.4 Å². The van der Waals surface area contributed by atoms with Crippen molar-refractivity contribution in [1.82, 2.24) is 19.0 Å². The molecule has 1 aliphatic carbocycles. The zero-order valence-corrected chi connectivity index (χ0v) is 16.9. The Balaban J connectivity index is 1.48. The summed E-state index contributed by atoms with van der Waals surface area (Å²) in [5.74, 6) is 0. The SMILES string of the molecule is Cc1nn(C)c(C)c1S(=O)(=O)N1CCC2(CCC2N2CCOCC2)CC1. The number of ether oxygens (including phenoxy) is 1. The van der Waals surface area contributed by atoms with E-state index in [0.717, 1.165) is 44.8 Å². The number of aromatic nitrogens is 2. The molecule has 3 aliphatic rings. The summed E-state index contributed by atoms with van der Waals surface area (Å²) < 4.78 is 35.2. The van der Waals surface area contributed by atoms with Crippen LogP contribution in [0.2, 0.25) is 0 Å². The van der Waals surface area contributed by atoms with Gasteiger partial charge in [0.25, 0.3) is 0 Å². The van der Waals surface area contributed by atoms with Gasteiger partial charge in [-0.05, 0) is 44.9 Å². The predicted molar refractivity (Wildman–Crippen MR) is 98.5 cm³/mol. The molecular formula is C18H30N4O3S. The van der Waals surface area contributed by atoms with Gasteiger partial charge in [-0.2, -0.15) is 9.40 Å². The van der Waals surface area contributed by atoms with Gasteiger partial charge < -0.3 is 4.74 Å². The Kier molecular flexibility index (Phi) is 4.66. The fourth-order valence-electron chi connectivity index (χ4n) is 5.15. The summed E-state index contributed by atoms with van der Waals surface area (Å²) in [5.41, 5.74) is 1.63. The molecule has 0 amide bonds. The van der Waals surface area contributed by atoms with Gasteiger partial charge in [0.05, 0.1) is 24.6 Å². The molecule has 8 heteroatoms. The smallest absolute Gasteiger partial charge is 0.246 e. The lowest BCUT2D eigenvalue weighted by molar-refractivity contribution is -0.0906. The molecule has 1 unspecified atom stereocenters. The summed E-state index contributed by atoms with van der Waals surface area (Å²) in [4.78, 5) is 2.97. The van der Waals surface area contributed by atoms with E-state index in [0.29, 0.717) is 35.1 Å². The van der Waals surface area contributed by atoms with Crippen molar-refractivity contribution in [3.63, 3.8) is 0 Å². The van der Waals surface area contributed by atoms with E-state index in [1.165, 1.54) is 12.8 Å². The summed E-state index contributed by atoms with van der Waals surface area (Å²) >= 11 is 0. The lowest BCUT2D eigenvalue weighted by atomic mass is 9.59. The van der Waals surface area contributed by atoms with Crippen molar-refractivity contribution >= 4 is 10.0 Å². The average Bonchev–Trinajstić information content (AvgIpc) is 2.87. The van der Waals surface area contributed by atoms with Crippen molar-refractivity contribution in [2.45, 2.75) is 50.5 Å². The molecule has 0 N–H and O–H groups in total. The molecule has 1 aromatic heterocycles. The quantitative estimate of drug-likeness (QED) is 0.788. The van der Waals surface area contributed by atoms with Gasteiger partial charge in [0, 0.05) is 39.3 Å². The summed E-state index contributed by atoms with van der Waals surface area (Å²) in [6.45, 7) is 8.54. The first-order valence-electron chi connectivity index (χ1n) is 9.67. The largest absolute Gasteiger partial charge is 0.379 e. The standard InChI is InChI=1S/C18H30N4O3S/c1-14-17(15(2)20(3)19-14)26(23,24)22-8-6-18(7-9-22)5-4-16(18)21-10-12-25-13-11-21/h16H,4-13H2,1-3H3. The van der Waals surface area contributed by atoms with Crippen LogP contribution in [0.25, 0.3) is 0 Å². The number of piperidine rings is 1. The molecule has 0 aromatic carbocycles. The fourth-order valence-corrected chi connectivity index (χ4v) is 6.99. The summed E-state index contributed by atoms with van der Waals surface area (Å²) in [7, 11) is -1.66. The van der Waals surface area contributed by atoms with Gasteiger partial charge >= 0.3 is 0 Å². The van der Waals surface area contributed by atoms with E-state index in [1.54, 1.807) is 23.0 Å². The van der Waals surface area contributed by atoms with Crippen LogP contribution in [0.15, 0.2) is 4.90 Å². The minimum Gasteiger partial charge on any atom is -0.379 e. The third-order valence-electron chi connectivity index (χ3n) is 6.87. The lowest BCUT2D eigenvalue weighted by Crippen LogP contribution is -2.61. The number of rotatable bonds is 3. The fraction of sp³-hybridized carbons (Fsp3) is 0.833. The van der Waals surface area contributed by atoms with Crippen molar-refractivity contribution in [1.29, 1.82) is 0 Å². The van der Waals surface area contributed by atoms with Crippen LogP contribution >= 0.6 is 0 Å². The molecule has 1 aromatic rings. The highest BCUT2D eigenvalue weighted by atomic mass is 32.2. The van der Waals surface area contributed by atoms with Crippen LogP contribution in [0.5, 0.6) is 0 Å². The highest BCUT2D eigenvalue weighted by Crippen LogP contribution is 2.52. The highest BCUT2D eigenvalue weighted by molar-refractivity contribution is 7.89. The van der Waals surface area contributed by atoms with Crippen LogP contribution in [-0.4, -0.2) is 72.8 Å². The molecule has 4 rings (SSSR count). The van der Waals surface area contributed by atoms with Gasteiger partial charge in [0.1, 0.15) is 4.90 Å². The second-order valence-corrected chi connectivity index (χ2v) is 9.97. The van der Waals surface area contributed by atoms with E-state index in [9.17, 15) is 8.42 Å². The topological polar surface area (TPSA) is 67.7 Å². The van der Waals surface area contributed by atoms with Crippen LogP contribution in [-0.2, 0) is 21.8 Å². The van der Waals surface area contributed by atoms with Gasteiger partial charge in [-0.3, -0.25) is 9.58 Å². The molecule has 1 saturated carbocycles. The molecule has 1 spiro atoms. The average molecular weight is 383 g/mol. The molecule has 7 nitrogen and oxygen atoms in total. The Hall–Kier alpha value is -0.960. The van der Waals surface area contributed by atoms with Crippen molar-refractivity contribution in [2.24, 2.45) is 12.5 Å². The third-order valence-corrected chi connectivity index (χ3v) is 9.02. The summed E-state index contributed by atoms with van der Waals surface area (Å²) in [6, 6.07) is 0.609. The number of hydrogen-bond acceptors (Lipinski definition) is 5. The lowest BCUT2D eigenvalue weighted by Gasteiger charge is -2.58. The first-order valence-corrected chi connectivity index (χ1v) is 11.1. The van der Waals surface area contributed by atoms with Crippen LogP contribution in [0.4, 0.5) is 0 Å². The second-order valence-electron chi connectivity index (χ2n) is 8.09. The molecule has 3 fully saturated rings. The van der Waals surface area contributed by atoms with Gasteiger partial charge in [-0.1, -0.05) is 0 Å². The van der Waals surface area contributed by atoms with E-state index in [1.807, 2.05) is 6.92 Å². The predicted octanol–water partition coefficient (Wildman–Crippen LogP) is 1.30. The molecule has 0 bridgehead atoms. The number of morpholine rings is 1. The number of nitrogens with zero attached hydrogens (tertiary/aromatic N) is 4. The maximum Gasteiger partial charge on any atom is 0.246 e. The van der Waals surface area contributed by atoms with Crippen LogP contribution in [0.3, 0.4) is 0 Å². The zero-order valence-electron chi connectivity index (χ0n) is 16.1. The van der Waals surface area contributed by atoms with Crippen LogP contribution in [0.1, 0.15) is 37.1 Å². The van der Waals surface area contributed by atoms with Gasteiger partial charge in [0.2, 0.25) is 10.0 Å². The van der Waals surface area contributed by atoms with Gasteiger partial charge in [-0.15, -0.1) is 0 Å². The molecule has 26 heavy (non-hydrogen) atoms. The summed E-state index contributed by atoms with van der Waals surface area (Å²) in [5, 5.41) is 4.29. The molecule has 146 valence electrons. The molecule has 2 saturated heterocycles. The van der Waals surface area contributed by atoms with E-state index < -0.39 is 10.0 Å². The molecule has 3 heterocycles. The zero-order chi connectivity index (χ0) is 18.5.